The van der Waals surface area contributed by atoms with Gasteiger partial charge in [0.1, 0.15) is 0 Å². The highest BCUT2D eigenvalue weighted by Gasteiger charge is 2.36. The van der Waals surface area contributed by atoms with Crippen LogP contribution in [0.2, 0.25) is 0 Å². The molecule has 28 heavy (non-hydrogen) atoms. The molecule has 6 nitrogen and oxygen atoms in total. The Morgan fingerprint density at radius 2 is 1.82 bits per heavy atom. The van der Waals surface area contributed by atoms with Crippen LogP contribution in [0.4, 0.5) is 5.69 Å². The van der Waals surface area contributed by atoms with Crippen molar-refractivity contribution in [2.24, 2.45) is 5.92 Å². The summed E-state index contributed by atoms with van der Waals surface area (Å²) in [6.45, 7) is 2.60. The molecule has 1 aromatic heterocycles. The number of para-hydroxylation sites is 1. The predicted octanol–water partition coefficient (Wildman–Crippen LogP) is 3.89. The molecule has 1 aromatic carbocycles. The largest absolute Gasteiger partial charge is 0.332 e. The molecule has 4 rings (SSSR count). The summed E-state index contributed by atoms with van der Waals surface area (Å²) in [6.07, 6.45) is 7.74. The lowest BCUT2D eigenvalue weighted by Gasteiger charge is -2.26. The van der Waals surface area contributed by atoms with Gasteiger partial charge in [-0.1, -0.05) is 31.0 Å². The third-order valence-electron chi connectivity index (χ3n) is 5.81. The van der Waals surface area contributed by atoms with Crippen molar-refractivity contribution in [3.05, 3.63) is 53.6 Å². The lowest BCUT2D eigenvalue weighted by atomic mass is 10.1. The Bertz CT molecular complexity index is 862. The molecule has 2 amide bonds. The summed E-state index contributed by atoms with van der Waals surface area (Å²) in [6, 6.07) is 9.26. The number of likely N-dealkylation sites (tertiary alicyclic amines) is 1. The van der Waals surface area contributed by atoms with Crippen molar-refractivity contribution in [3.63, 3.8) is 0 Å². The van der Waals surface area contributed by atoms with Crippen LogP contribution in [0.15, 0.2) is 36.5 Å². The fraction of sp³-hybridized carbons (Fsp3) is 0.455. The second kappa shape index (κ2) is 8.09. The second-order valence-corrected chi connectivity index (χ2v) is 7.72. The number of hydrogen-bond acceptors (Lipinski definition) is 4. The molecule has 0 spiro atoms. The van der Waals surface area contributed by atoms with E-state index >= 15 is 0 Å². The third-order valence-corrected chi connectivity index (χ3v) is 5.81. The molecule has 146 valence electrons. The van der Waals surface area contributed by atoms with E-state index in [4.69, 9.17) is 0 Å². The van der Waals surface area contributed by atoms with Gasteiger partial charge in [-0.05, 0) is 44.7 Å². The molecular formula is C22H26N4O2. The summed E-state index contributed by atoms with van der Waals surface area (Å²) in [4.78, 5) is 36.5. The van der Waals surface area contributed by atoms with E-state index in [2.05, 4.69) is 15.3 Å². The molecule has 1 saturated carbocycles. The quantitative estimate of drug-likeness (QED) is 0.876. The van der Waals surface area contributed by atoms with Crippen LogP contribution in [0.5, 0.6) is 0 Å². The average molecular weight is 378 g/mol. The van der Waals surface area contributed by atoms with Gasteiger partial charge in [0.25, 0.3) is 5.91 Å². The molecule has 2 aliphatic rings. The molecule has 6 heteroatoms. The summed E-state index contributed by atoms with van der Waals surface area (Å²) in [5.74, 6) is 0.850. The van der Waals surface area contributed by atoms with Crippen molar-refractivity contribution in [3.8, 4) is 0 Å². The van der Waals surface area contributed by atoms with Crippen molar-refractivity contribution in [1.82, 2.24) is 14.9 Å². The SMILES string of the molecule is Cc1nc([C@@H]2CCCN2C(=O)C2CCCC2)ncc1C(=O)Nc1ccccc1. The topological polar surface area (TPSA) is 75.2 Å². The van der Waals surface area contributed by atoms with Crippen LogP contribution in [-0.2, 0) is 4.79 Å². The van der Waals surface area contributed by atoms with Crippen LogP contribution in [0.3, 0.4) is 0 Å². The Hall–Kier alpha value is -2.76. The first kappa shape index (κ1) is 18.6. The molecule has 1 N–H and O–H groups in total. The summed E-state index contributed by atoms with van der Waals surface area (Å²) in [5.41, 5.74) is 1.83. The van der Waals surface area contributed by atoms with Gasteiger partial charge in [0, 0.05) is 24.3 Å². The third kappa shape index (κ3) is 3.77. The Balaban J connectivity index is 1.50. The number of carbonyl (C=O) groups excluding carboxylic acids is 2. The molecule has 1 saturated heterocycles. The molecule has 1 aliphatic heterocycles. The van der Waals surface area contributed by atoms with E-state index in [9.17, 15) is 9.59 Å². The van der Waals surface area contributed by atoms with Crippen molar-refractivity contribution in [1.29, 1.82) is 0 Å². The number of aryl methyl sites for hydroxylation is 1. The molecule has 0 unspecified atom stereocenters. The highest BCUT2D eigenvalue weighted by atomic mass is 16.2. The Kier molecular flexibility index (Phi) is 5.37. The minimum atomic E-state index is -0.222. The van der Waals surface area contributed by atoms with Crippen molar-refractivity contribution < 1.29 is 9.59 Å². The molecule has 2 fully saturated rings. The number of benzene rings is 1. The van der Waals surface area contributed by atoms with E-state index in [1.807, 2.05) is 42.2 Å². The van der Waals surface area contributed by atoms with E-state index in [1.54, 1.807) is 6.20 Å². The second-order valence-electron chi connectivity index (χ2n) is 7.72. The molecule has 0 radical (unpaired) electrons. The maximum Gasteiger partial charge on any atom is 0.259 e. The number of nitrogens with zero attached hydrogens (tertiary/aromatic N) is 3. The van der Waals surface area contributed by atoms with Gasteiger partial charge >= 0.3 is 0 Å². The van der Waals surface area contributed by atoms with Gasteiger partial charge in [0.2, 0.25) is 5.91 Å². The monoisotopic (exact) mass is 378 g/mol. The molecule has 1 aliphatic carbocycles. The van der Waals surface area contributed by atoms with Crippen LogP contribution < -0.4 is 5.32 Å². The Labute approximate surface area is 165 Å². The van der Waals surface area contributed by atoms with E-state index in [0.717, 1.165) is 50.8 Å². The zero-order valence-electron chi connectivity index (χ0n) is 16.2. The normalized spacial score (nSPS) is 19.8. The zero-order chi connectivity index (χ0) is 19.5. The number of rotatable bonds is 4. The van der Waals surface area contributed by atoms with E-state index in [0.29, 0.717) is 17.1 Å². The summed E-state index contributed by atoms with van der Waals surface area (Å²) < 4.78 is 0. The lowest BCUT2D eigenvalue weighted by molar-refractivity contribution is -0.136. The van der Waals surface area contributed by atoms with Crippen LogP contribution in [0, 0.1) is 12.8 Å². The number of aromatic nitrogens is 2. The van der Waals surface area contributed by atoms with Crippen molar-refractivity contribution in [2.75, 3.05) is 11.9 Å². The number of amides is 2. The van der Waals surface area contributed by atoms with E-state index in [1.165, 1.54) is 0 Å². The van der Waals surface area contributed by atoms with Crippen molar-refractivity contribution >= 4 is 17.5 Å². The highest BCUT2D eigenvalue weighted by Crippen LogP contribution is 2.35. The van der Waals surface area contributed by atoms with Gasteiger partial charge in [-0.15, -0.1) is 0 Å². The first-order valence-electron chi connectivity index (χ1n) is 10.1. The highest BCUT2D eigenvalue weighted by molar-refractivity contribution is 6.04. The van der Waals surface area contributed by atoms with Gasteiger partial charge in [-0.25, -0.2) is 9.97 Å². The van der Waals surface area contributed by atoms with Gasteiger partial charge in [-0.2, -0.15) is 0 Å². The standard InChI is InChI=1S/C22H26N4O2/c1-15-18(21(27)25-17-10-3-2-4-11-17)14-23-20(24-15)19-12-7-13-26(19)22(28)16-8-5-6-9-16/h2-4,10-11,14,16,19H,5-9,12-13H2,1H3,(H,25,27)/t19-/m0/s1. The first-order chi connectivity index (χ1) is 13.6. The maximum atomic E-state index is 12.9. The van der Waals surface area contributed by atoms with Gasteiger partial charge < -0.3 is 10.2 Å². The summed E-state index contributed by atoms with van der Waals surface area (Å²) >= 11 is 0. The van der Waals surface area contributed by atoms with Gasteiger partial charge in [0.15, 0.2) is 5.82 Å². The Morgan fingerprint density at radius 3 is 2.54 bits per heavy atom. The molecule has 1 atom stereocenters. The summed E-state index contributed by atoms with van der Waals surface area (Å²) in [7, 11) is 0. The lowest BCUT2D eigenvalue weighted by Crippen LogP contribution is -2.35. The van der Waals surface area contributed by atoms with E-state index in [-0.39, 0.29) is 23.8 Å². The van der Waals surface area contributed by atoms with Crippen LogP contribution in [0.25, 0.3) is 0 Å². The fourth-order valence-corrected chi connectivity index (χ4v) is 4.29. The smallest absolute Gasteiger partial charge is 0.259 e. The minimum Gasteiger partial charge on any atom is -0.332 e. The number of nitrogens with one attached hydrogen (secondary N) is 1. The van der Waals surface area contributed by atoms with Crippen LogP contribution >= 0.6 is 0 Å². The van der Waals surface area contributed by atoms with Gasteiger partial charge in [-0.3, -0.25) is 9.59 Å². The average Bonchev–Trinajstić information content (AvgIpc) is 3.40. The number of carbonyl (C=O) groups is 2. The molecule has 0 bridgehead atoms. The number of hydrogen-bond donors (Lipinski definition) is 1. The van der Waals surface area contributed by atoms with Crippen LogP contribution in [0.1, 0.15) is 66.4 Å². The number of anilines is 1. The first-order valence-corrected chi connectivity index (χ1v) is 10.1. The minimum absolute atomic E-state index is 0.0713. The van der Waals surface area contributed by atoms with Crippen LogP contribution in [-0.4, -0.2) is 33.2 Å². The van der Waals surface area contributed by atoms with E-state index < -0.39 is 0 Å². The summed E-state index contributed by atoms with van der Waals surface area (Å²) in [5, 5.41) is 2.87. The fourth-order valence-electron chi connectivity index (χ4n) is 4.29. The predicted molar refractivity (Wildman–Crippen MR) is 107 cm³/mol. The van der Waals surface area contributed by atoms with Crippen molar-refractivity contribution in [2.45, 2.75) is 51.5 Å². The molecular weight excluding hydrogens is 352 g/mol. The Morgan fingerprint density at radius 1 is 1.07 bits per heavy atom. The zero-order valence-corrected chi connectivity index (χ0v) is 16.2. The van der Waals surface area contributed by atoms with Gasteiger partial charge in [0.05, 0.1) is 17.3 Å². The molecule has 2 aromatic rings. The molecule has 2 heterocycles. The maximum absolute atomic E-state index is 12.9.